The van der Waals surface area contributed by atoms with E-state index in [-0.39, 0.29) is 11.3 Å². The Labute approximate surface area is 146 Å². The molecule has 1 aliphatic rings. The summed E-state index contributed by atoms with van der Waals surface area (Å²) in [7, 11) is 0. The van der Waals surface area contributed by atoms with Crippen LogP contribution in [0, 0.1) is 5.92 Å². The number of nitrogens with zero attached hydrogens (tertiary/aromatic N) is 2. The lowest BCUT2D eigenvalue weighted by Crippen LogP contribution is -2.32. The Morgan fingerprint density at radius 2 is 1.75 bits per heavy atom. The van der Waals surface area contributed by atoms with Crippen molar-refractivity contribution in [2.24, 2.45) is 10.9 Å². The molecule has 0 saturated heterocycles. The summed E-state index contributed by atoms with van der Waals surface area (Å²) in [6.45, 7) is 14.2. The first-order valence-corrected chi connectivity index (χ1v) is 8.95. The van der Waals surface area contributed by atoms with Crippen LogP contribution in [0.25, 0.3) is 0 Å². The largest absolute Gasteiger partial charge is 0.338 e. The molecule has 0 saturated carbocycles. The number of carbonyl (C=O) groups is 1. The molecule has 24 heavy (non-hydrogen) atoms. The van der Waals surface area contributed by atoms with E-state index in [1.165, 1.54) is 5.56 Å². The minimum absolute atomic E-state index is 0.0374. The van der Waals surface area contributed by atoms with Crippen LogP contribution in [0.5, 0.6) is 0 Å². The number of allylic oxidation sites excluding steroid dienone is 1. The molecule has 1 aromatic rings. The Morgan fingerprint density at radius 3 is 2.25 bits per heavy atom. The molecule has 1 atom stereocenters. The van der Waals surface area contributed by atoms with Crippen LogP contribution in [0.3, 0.4) is 0 Å². The van der Waals surface area contributed by atoms with Crippen LogP contribution in [-0.4, -0.2) is 29.6 Å². The fourth-order valence-electron chi connectivity index (χ4n) is 3.00. The van der Waals surface area contributed by atoms with E-state index in [9.17, 15) is 4.79 Å². The summed E-state index contributed by atoms with van der Waals surface area (Å²) in [6.07, 6.45) is 2.89. The molecule has 1 aromatic carbocycles. The molecule has 1 amide bonds. The van der Waals surface area contributed by atoms with Crippen LogP contribution >= 0.6 is 0 Å². The van der Waals surface area contributed by atoms with Crippen molar-refractivity contribution < 1.29 is 4.79 Å². The van der Waals surface area contributed by atoms with Crippen molar-refractivity contribution in [3.63, 3.8) is 0 Å². The Balaban J connectivity index is 2.30. The normalized spacial score (nSPS) is 18.0. The average molecular weight is 326 g/mol. The number of likely N-dealkylation sites (N-methyl/N-ethyl adjacent to an activating group) is 1. The standard InChI is InChI=1S/C21H30N2O/c1-7-23(8-2)20(24)19-14-15(3)13-18(22-19)16-9-11-17(12-10-16)21(4,5)6/h9-12,14-15H,7-8,13H2,1-6H3. The highest BCUT2D eigenvalue weighted by Gasteiger charge is 2.22. The molecule has 0 aromatic heterocycles. The van der Waals surface area contributed by atoms with Crippen molar-refractivity contribution in [2.45, 2.75) is 53.4 Å². The van der Waals surface area contributed by atoms with Crippen molar-refractivity contribution in [2.75, 3.05) is 13.1 Å². The van der Waals surface area contributed by atoms with Crippen LogP contribution in [0.15, 0.2) is 41.0 Å². The molecule has 0 spiro atoms. The second kappa shape index (κ2) is 7.33. The second-order valence-corrected chi connectivity index (χ2v) is 7.60. The van der Waals surface area contributed by atoms with Crippen LogP contribution in [-0.2, 0) is 10.2 Å². The van der Waals surface area contributed by atoms with Crippen molar-refractivity contribution in [3.8, 4) is 0 Å². The first kappa shape index (κ1) is 18.4. The van der Waals surface area contributed by atoms with Gasteiger partial charge in [0.25, 0.3) is 5.91 Å². The van der Waals surface area contributed by atoms with Crippen molar-refractivity contribution in [1.82, 2.24) is 4.90 Å². The minimum Gasteiger partial charge on any atom is -0.338 e. The number of aliphatic imine (C=N–C) groups is 1. The van der Waals surface area contributed by atoms with E-state index >= 15 is 0 Å². The zero-order chi connectivity index (χ0) is 17.9. The van der Waals surface area contributed by atoms with Gasteiger partial charge < -0.3 is 4.90 Å². The molecule has 1 aliphatic heterocycles. The van der Waals surface area contributed by atoms with Crippen LogP contribution < -0.4 is 0 Å². The van der Waals surface area contributed by atoms with Gasteiger partial charge in [0.05, 0.1) is 0 Å². The molecule has 0 fully saturated rings. The van der Waals surface area contributed by atoms with Gasteiger partial charge in [-0.25, -0.2) is 4.99 Å². The number of amides is 1. The maximum absolute atomic E-state index is 12.6. The van der Waals surface area contributed by atoms with Crippen molar-refractivity contribution >= 4 is 11.6 Å². The first-order chi connectivity index (χ1) is 11.3. The zero-order valence-corrected chi connectivity index (χ0v) is 15.9. The van der Waals surface area contributed by atoms with Gasteiger partial charge in [0.15, 0.2) is 0 Å². The van der Waals surface area contributed by atoms with E-state index in [2.05, 4.69) is 52.0 Å². The lowest BCUT2D eigenvalue weighted by Gasteiger charge is -2.23. The summed E-state index contributed by atoms with van der Waals surface area (Å²) in [5.74, 6) is 0.365. The smallest absolute Gasteiger partial charge is 0.272 e. The zero-order valence-electron chi connectivity index (χ0n) is 15.9. The number of hydrogen-bond donors (Lipinski definition) is 0. The molecule has 0 aliphatic carbocycles. The van der Waals surface area contributed by atoms with E-state index in [0.717, 1.165) is 17.7 Å². The third-order valence-electron chi connectivity index (χ3n) is 4.57. The van der Waals surface area contributed by atoms with E-state index < -0.39 is 0 Å². The van der Waals surface area contributed by atoms with E-state index in [0.29, 0.717) is 24.7 Å². The van der Waals surface area contributed by atoms with Gasteiger partial charge in [0, 0.05) is 18.8 Å². The van der Waals surface area contributed by atoms with E-state index in [1.54, 1.807) is 0 Å². The molecule has 2 rings (SSSR count). The van der Waals surface area contributed by atoms with E-state index in [1.807, 2.05) is 24.8 Å². The number of hydrogen-bond acceptors (Lipinski definition) is 2. The van der Waals surface area contributed by atoms with Crippen LogP contribution in [0.2, 0.25) is 0 Å². The Kier molecular flexibility index (Phi) is 5.63. The minimum atomic E-state index is 0.0374. The molecular weight excluding hydrogens is 296 g/mol. The monoisotopic (exact) mass is 326 g/mol. The highest BCUT2D eigenvalue weighted by molar-refractivity contribution is 6.06. The van der Waals surface area contributed by atoms with Gasteiger partial charge in [-0.05, 0) is 48.8 Å². The second-order valence-electron chi connectivity index (χ2n) is 7.60. The van der Waals surface area contributed by atoms with E-state index in [4.69, 9.17) is 4.99 Å². The quantitative estimate of drug-likeness (QED) is 0.798. The number of benzene rings is 1. The highest BCUT2D eigenvalue weighted by Crippen LogP contribution is 2.25. The summed E-state index contributed by atoms with van der Waals surface area (Å²) in [6, 6.07) is 8.62. The maximum atomic E-state index is 12.6. The van der Waals surface area contributed by atoms with Gasteiger partial charge in [-0.15, -0.1) is 0 Å². The topological polar surface area (TPSA) is 32.7 Å². The molecule has 130 valence electrons. The van der Waals surface area contributed by atoms with Gasteiger partial charge in [-0.3, -0.25) is 4.79 Å². The summed E-state index contributed by atoms with van der Waals surface area (Å²) in [5, 5.41) is 0. The fraction of sp³-hybridized carbons (Fsp3) is 0.524. The maximum Gasteiger partial charge on any atom is 0.272 e. The molecule has 1 unspecified atom stereocenters. The number of carbonyl (C=O) groups excluding carboxylic acids is 1. The Bertz CT molecular complexity index is 643. The van der Waals surface area contributed by atoms with Gasteiger partial charge in [-0.2, -0.15) is 0 Å². The molecule has 0 radical (unpaired) electrons. The lowest BCUT2D eigenvalue weighted by atomic mass is 9.86. The van der Waals surface area contributed by atoms with Crippen molar-refractivity contribution in [3.05, 3.63) is 47.2 Å². The highest BCUT2D eigenvalue weighted by atomic mass is 16.2. The Hall–Kier alpha value is -1.90. The fourth-order valence-corrected chi connectivity index (χ4v) is 3.00. The third-order valence-corrected chi connectivity index (χ3v) is 4.57. The summed E-state index contributed by atoms with van der Waals surface area (Å²) in [5.41, 5.74) is 4.18. The van der Waals surface area contributed by atoms with Crippen molar-refractivity contribution in [1.29, 1.82) is 0 Å². The summed E-state index contributed by atoms with van der Waals surface area (Å²) >= 11 is 0. The van der Waals surface area contributed by atoms with Gasteiger partial charge in [0.1, 0.15) is 5.70 Å². The lowest BCUT2D eigenvalue weighted by molar-refractivity contribution is -0.126. The van der Waals surface area contributed by atoms with Gasteiger partial charge >= 0.3 is 0 Å². The van der Waals surface area contributed by atoms with Crippen LogP contribution in [0.1, 0.15) is 59.1 Å². The molecule has 0 bridgehead atoms. The summed E-state index contributed by atoms with van der Waals surface area (Å²) in [4.78, 5) is 19.1. The first-order valence-electron chi connectivity index (χ1n) is 8.95. The SMILES string of the molecule is CCN(CC)C(=O)C1=CC(C)CC(c2ccc(C(C)(C)C)cc2)=N1. The predicted molar refractivity (Wildman–Crippen MR) is 101 cm³/mol. The number of rotatable bonds is 4. The third kappa shape index (κ3) is 4.14. The van der Waals surface area contributed by atoms with Crippen LogP contribution in [0.4, 0.5) is 0 Å². The molecule has 0 N–H and O–H groups in total. The molecular formula is C21H30N2O. The van der Waals surface area contributed by atoms with Gasteiger partial charge in [-0.1, -0.05) is 52.0 Å². The molecule has 1 heterocycles. The average Bonchev–Trinajstić information content (AvgIpc) is 2.54. The van der Waals surface area contributed by atoms with Gasteiger partial charge in [0.2, 0.25) is 0 Å². The Morgan fingerprint density at radius 1 is 1.17 bits per heavy atom. The molecule has 3 heteroatoms. The summed E-state index contributed by atoms with van der Waals surface area (Å²) < 4.78 is 0. The molecule has 3 nitrogen and oxygen atoms in total. The predicted octanol–water partition coefficient (Wildman–Crippen LogP) is 4.57.